The molecule has 122 valence electrons. The minimum atomic E-state index is -0.299. The van der Waals surface area contributed by atoms with E-state index in [9.17, 15) is 9.59 Å². The lowest BCUT2D eigenvalue weighted by Crippen LogP contribution is -2.29. The molecular weight excluding hydrogens is 334 g/mol. The maximum Gasteiger partial charge on any atom is 0.310 e. The van der Waals surface area contributed by atoms with Crippen molar-refractivity contribution >= 4 is 29.1 Å². The number of methoxy groups -OCH3 is 1. The first kappa shape index (κ1) is 16.1. The Kier molecular flexibility index (Phi) is 4.77. The Balaban J connectivity index is 2.04. The zero-order valence-electron chi connectivity index (χ0n) is 12.8. The normalized spacial score (nSPS) is 19.9. The second-order valence-corrected chi connectivity index (χ2v) is 7.17. The number of thiazole rings is 1. The molecule has 1 aliphatic rings. The molecule has 0 amide bonds. The summed E-state index contributed by atoms with van der Waals surface area (Å²) in [5, 5.41) is 0.862. The van der Waals surface area contributed by atoms with E-state index in [2.05, 4.69) is 4.98 Å². The van der Waals surface area contributed by atoms with Gasteiger partial charge >= 0.3 is 10.8 Å². The molecule has 2 aromatic rings. The van der Waals surface area contributed by atoms with E-state index in [-0.39, 0.29) is 22.7 Å². The molecule has 0 unspecified atom stereocenters. The van der Waals surface area contributed by atoms with Crippen molar-refractivity contribution < 1.29 is 14.3 Å². The number of H-pyrrole nitrogens is 1. The third kappa shape index (κ3) is 3.16. The lowest BCUT2D eigenvalue weighted by Gasteiger charge is -2.29. The molecule has 1 aliphatic heterocycles. The summed E-state index contributed by atoms with van der Waals surface area (Å²) in [6.07, 6.45) is 0. The van der Waals surface area contributed by atoms with Crippen LogP contribution in [0.4, 0.5) is 0 Å². The van der Waals surface area contributed by atoms with Crippen LogP contribution in [0, 0.1) is 5.92 Å². The van der Waals surface area contributed by atoms with E-state index in [0.717, 1.165) is 21.2 Å². The average molecular weight is 351 g/mol. The number of hydrogen-bond donors (Lipinski definition) is 1. The van der Waals surface area contributed by atoms with Crippen LogP contribution in [0.15, 0.2) is 34.1 Å². The number of carbonyl (C=O) groups is 1. The van der Waals surface area contributed by atoms with E-state index >= 15 is 0 Å². The number of esters is 1. The molecule has 5 nitrogen and oxygen atoms in total. The number of ether oxygens (including phenoxy) is 2. The monoisotopic (exact) mass is 351 g/mol. The molecule has 1 aromatic carbocycles. The molecule has 0 bridgehead atoms. The van der Waals surface area contributed by atoms with Gasteiger partial charge in [-0.2, -0.15) is 0 Å². The van der Waals surface area contributed by atoms with E-state index in [1.165, 1.54) is 23.1 Å². The highest BCUT2D eigenvalue weighted by Crippen LogP contribution is 2.45. The van der Waals surface area contributed by atoms with Crippen LogP contribution < -0.4 is 9.61 Å². The van der Waals surface area contributed by atoms with Crippen molar-refractivity contribution in [1.29, 1.82) is 0 Å². The second-order valence-electron chi connectivity index (χ2n) is 5.13. The Morgan fingerprint density at radius 3 is 2.74 bits per heavy atom. The van der Waals surface area contributed by atoms with Crippen molar-refractivity contribution in [3.8, 4) is 5.75 Å². The van der Waals surface area contributed by atoms with E-state index in [4.69, 9.17) is 9.47 Å². The van der Waals surface area contributed by atoms with E-state index in [1.54, 1.807) is 14.0 Å². The third-order valence-corrected chi connectivity index (χ3v) is 6.03. The zero-order valence-corrected chi connectivity index (χ0v) is 14.5. The third-order valence-electron chi connectivity index (χ3n) is 3.80. The molecule has 1 aromatic heterocycles. The summed E-state index contributed by atoms with van der Waals surface area (Å²) >= 11 is 2.68. The molecule has 0 radical (unpaired) electrons. The number of hydrogen-bond acceptors (Lipinski definition) is 6. The highest BCUT2D eigenvalue weighted by Gasteiger charge is 2.39. The number of aromatic nitrogens is 1. The minimum Gasteiger partial charge on any atom is -0.497 e. The van der Waals surface area contributed by atoms with Crippen LogP contribution in [0.3, 0.4) is 0 Å². The molecule has 0 spiro atoms. The summed E-state index contributed by atoms with van der Waals surface area (Å²) in [6.45, 7) is 2.15. The summed E-state index contributed by atoms with van der Waals surface area (Å²) in [4.78, 5) is 27.8. The van der Waals surface area contributed by atoms with Crippen molar-refractivity contribution in [2.45, 2.75) is 17.9 Å². The molecular formula is C16H17NO4S2. The summed E-state index contributed by atoms with van der Waals surface area (Å²) in [5.41, 5.74) is 0.987. The fourth-order valence-electron chi connectivity index (χ4n) is 2.74. The first-order valence-electron chi connectivity index (χ1n) is 7.30. The van der Waals surface area contributed by atoms with Gasteiger partial charge in [0.05, 0.1) is 24.7 Å². The van der Waals surface area contributed by atoms with Crippen LogP contribution in [0.5, 0.6) is 5.75 Å². The number of thioether (sulfide) groups is 1. The van der Waals surface area contributed by atoms with Crippen LogP contribution in [-0.4, -0.2) is 30.4 Å². The number of nitrogens with one attached hydrogen (secondary N) is 1. The van der Waals surface area contributed by atoms with E-state index < -0.39 is 0 Å². The molecule has 3 rings (SSSR count). The van der Waals surface area contributed by atoms with Crippen LogP contribution in [-0.2, 0) is 9.53 Å². The summed E-state index contributed by atoms with van der Waals surface area (Å²) < 4.78 is 10.4. The topological polar surface area (TPSA) is 68.4 Å². The quantitative estimate of drug-likeness (QED) is 0.858. The second kappa shape index (κ2) is 6.80. The number of aromatic amines is 1. The van der Waals surface area contributed by atoms with Crippen LogP contribution in [0.1, 0.15) is 23.3 Å². The molecule has 7 heteroatoms. The van der Waals surface area contributed by atoms with Gasteiger partial charge in [-0.05, 0) is 24.6 Å². The Hall–Kier alpha value is -1.73. The fraction of sp³-hybridized carbons (Fsp3) is 0.375. The standard InChI is InChI=1S/C16H17NO4S2/c1-3-21-15(18)11-8-22-14-13(23-16(19)17-14)12(11)9-4-6-10(20-2)7-5-9/h4-7,11-12H,3,8H2,1-2H3,(H,17,19)/t11-,12+/m0/s1. The Morgan fingerprint density at radius 2 is 2.09 bits per heavy atom. The van der Waals surface area contributed by atoms with E-state index in [1.807, 2.05) is 24.3 Å². The Morgan fingerprint density at radius 1 is 1.35 bits per heavy atom. The molecule has 1 N–H and O–H groups in total. The van der Waals surface area contributed by atoms with Gasteiger partial charge < -0.3 is 14.5 Å². The van der Waals surface area contributed by atoms with Crippen molar-refractivity contribution in [2.24, 2.45) is 5.92 Å². The van der Waals surface area contributed by atoms with Gasteiger partial charge in [0.15, 0.2) is 0 Å². The first-order chi connectivity index (χ1) is 11.1. The van der Waals surface area contributed by atoms with Gasteiger partial charge in [0.1, 0.15) is 5.75 Å². The van der Waals surface area contributed by atoms with Crippen molar-refractivity contribution in [3.63, 3.8) is 0 Å². The predicted octanol–water partition coefficient (Wildman–Crippen LogP) is 2.86. The highest BCUT2D eigenvalue weighted by atomic mass is 32.2. The Labute approximate surface area is 142 Å². The molecule has 2 heterocycles. The van der Waals surface area contributed by atoms with Crippen LogP contribution in [0.2, 0.25) is 0 Å². The first-order valence-corrected chi connectivity index (χ1v) is 9.10. The zero-order chi connectivity index (χ0) is 16.4. The Bertz CT molecular complexity index is 750. The fourth-order valence-corrected chi connectivity index (χ4v) is 5.14. The molecule has 2 atom stereocenters. The summed E-state index contributed by atoms with van der Waals surface area (Å²) in [5.74, 6) is 0.670. The lowest BCUT2D eigenvalue weighted by atomic mass is 9.85. The van der Waals surface area contributed by atoms with Gasteiger partial charge in [-0.15, -0.1) is 11.8 Å². The van der Waals surface area contributed by atoms with Crippen LogP contribution >= 0.6 is 23.1 Å². The van der Waals surface area contributed by atoms with Crippen LogP contribution in [0.25, 0.3) is 0 Å². The van der Waals surface area contributed by atoms with Crippen molar-refractivity contribution in [1.82, 2.24) is 4.98 Å². The summed E-state index contributed by atoms with van der Waals surface area (Å²) in [6, 6.07) is 7.63. The molecule has 0 saturated heterocycles. The minimum absolute atomic E-state index is 0.0921. The van der Waals surface area contributed by atoms with E-state index in [0.29, 0.717) is 12.4 Å². The predicted molar refractivity (Wildman–Crippen MR) is 90.6 cm³/mol. The SMILES string of the molecule is CCOC(=O)[C@H]1CSc2[nH]c(=O)sc2[C@@H]1c1ccc(OC)cc1. The van der Waals surface area contributed by atoms with Gasteiger partial charge in [-0.25, -0.2) is 0 Å². The smallest absolute Gasteiger partial charge is 0.310 e. The number of benzene rings is 1. The average Bonchev–Trinajstić information content (AvgIpc) is 2.94. The molecule has 0 saturated carbocycles. The highest BCUT2D eigenvalue weighted by molar-refractivity contribution is 7.99. The molecule has 0 fully saturated rings. The number of fused-ring (bicyclic) bond motifs is 1. The van der Waals surface area contributed by atoms with Gasteiger partial charge in [-0.1, -0.05) is 23.5 Å². The van der Waals surface area contributed by atoms with Crippen molar-refractivity contribution in [3.05, 3.63) is 44.4 Å². The van der Waals surface area contributed by atoms with Gasteiger partial charge in [0, 0.05) is 16.5 Å². The largest absolute Gasteiger partial charge is 0.497 e. The lowest BCUT2D eigenvalue weighted by molar-refractivity contribution is -0.147. The number of carbonyl (C=O) groups excluding carboxylic acids is 1. The molecule has 0 aliphatic carbocycles. The summed E-state index contributed by atoms with van der Waals surface area (Å²) in [7, 11) is 1.61. The maximum atomic E-state index is 12.4. The number of rotatable bonds is 4. The maximum absolute atomic E-state index is 12.4. The van der Waals surface area contributed by atoms with Gasteiger partial charge in [-0.3, -0.25) is 9.59 Å². The molecule has 23 heavy (non-hydrogen) atoms. The van der Waals surface area contributed by atoms with Crippen molar-refractivity contribution in [2.75, 3.05) is 19.5 Å². The van der Waals surface area contributed by atoms with Gasteiger partial charge in [0.2, 0.25) is 0 Å². The van der Waals surface area contributed by atoms with Gasteiger partial charge in [0.25, 0.3) is 0 Å².